The number of halogens is 6. The van der Waals surface area contributed by atoms with Crippen LogP contribution >= 0.6 is 0 Å². The van der Waals surface area contributed by atoms with E-state index in [1.54, 1.807) is 0 Å². The topological polar surface area (TPSA) is 27.1 Å². The second-order valence-electron chi connectivity index (χ2n) is 3.62. The maximum atomic E-state index is 12.8. The van der Waals surface area contributed by atoms with Crippen molar-refractivity contribution in [3.05, 3.63) is 47.8 Å². The van der Waals surface area contributed by atoms with Gasteiger partial charge in [-0.05, 0) is 18.2 Å². The number of hydrogen-bond donors (Lipinski definition) is 0. The zero-order chi connectivity index (χ0) is 15.0. The lowest BCUT2D eigenvalue weighted by Gasteiger charge is -2.17. The van der Waals surface area contributed by atoms with E-state index in [1.165, 1.54) is 6.07 Å². The van der Waals surface area contributed by atoms with Gasteiger partial charge in [-0.3, -0.25) is 0 Å². The third kappa shape index (κ3) is 2.86. The zero-order valence-electron chi connectivity index (χ0n) is 9.46. The lowest BCUT2D eigenvalue weighted by Crippen LogP contribution is -2.17. The first-order chi connectivity index (χ1) is 9.19. The molecule has 0 atom stereocenters. The first kappa shape index (κ1) is 14.2. The Balaban J connectivity index is 2.59. The summed E-state index contributed by atoms with van der Waals surface area (Å²) in [4.78, 5) is 5.03. The normalized spacial score (nSPS) is 12.5. The minimum atomic E-state index is -4.99. The summed E-state index contributed by atoms with van der Waals surface area (Å²) in [6.07, 6.45) is -6.77. The molecule has 0 saturated carbocycles. The Labute approximate surface area is 108 Å². The van der Waals surface area contributed by atoms with Crippen molar-refractivity contribution >= 4 is 0 Å². The summed E-state index contributed by atoms with van der Waals surface area (Å²) in [6.45, 7) is 0. The van der Waals surface area contributed by atoms with Crippen LogP contribution < -0.4 is 4.84 Å². The fourth-order valence-corrected chi connectivity index (χ4v) is 1.45. The van der Waals surface area contributed by atoms with Crippen molar-refractivity contribution in [2.24, 2.45) is 0 Å². The largest absolute Gasteiger partial charge is 0.420 e. The van der Waals surface area contributed by atoms with Gasteiger partial charge >= 0.3 is 12.4 Å². The second-order valence-corrected chi connectivity index (χ2v) is 3.62. The first-order valence-corrected chi connectivity index (χ1v) is 5.07. The number of rotatable bonds is 2. The quantitative estimate of drug-likeness (QED) is 0.792. The summed E-state index contributed by atoms with van der Waals surface area (Å²) in [5, 5.41) is 3.29. The van der Waals surface area contributed by atoms with Crippen LogP contribution in [-0.2, 0) is 12.4 Å². The van der Waals surface area contributed by atoms with Crippen molar-refractivity contribution in [1.29, 1.82) is 0 Å². The van der Waals surface area contributed by atoms with Gasteiger partial charge in [-0.2, -0.15) is 26.3 Å². The molecule has 0 spiro atoms. The summed E-state index contributed by atoms with van der Waals surface area (Å²) < 4.78 is 76.6. The van der Waals surface area contributed by atoms with Crippen LogP contribution in [0.4, 0.5) is 26.3 Å². The molecule has 0 bridgehead atoms. The Bertz CT molecular complexity index is 556. The van der Waals surface area contributed by atoms with E-state index in [4.69, 9.17) is 0 Å². The minimum Gasteiger partial charge on any atom is -0.357 e. The molecule has 107 valence electrons. The number of nitrogens with zero attached hydrogens (tertiary/aromatic N) is 2. The van der Waals surface area contributed by atoms with E-state index >= 15 is 0 Å². The van der Waals surface area contributed by atoms with Gasteiger partial charge in [0, 0.05) is 0 Å². The van der Waals surface area contributed by atoms with E-state index in [-0.39, 0.29) is 0 Å². The number of para-hydroxylation sites is 1. The number of alkyl halides is 6. The van der Waals surface area contributed by atoms with Crippen LogP contribution in [0.15, 0.2) is 30.5 Å². The molecule has 9 heteroatoms. The molecular formula is C11H5F6N2O. The number of benzene rings is 1. The Morgan fingerprint density at radius 3 is 1.95 bits per heavy atom. The second kappa shape index (κ2) is 4.73. The van der Waals surface area contributed by atoms with Crippen molar-refractivity contribution in [2.75, 3.05) is 0 Å². The van der Waals surface area contributed by atoms with E-state index in [1.807, 2.05) is 0 Å². The average molecular weight is 295 g/mol. The molecule has 0 N–H and O–H groups in total. The van der Waals surface area contributed by atoms with Gasteiger partial charge in [-0.1, -0.05) is 10.9 Å². The first-order valence-electron chi connectivity index (χ1n) is 5.07. The summed E-state index contributed by atoms with van der Waals surface area (Å²) in [7, 11) is 0. The predicted molar refractivity (Wildman–Crippen MR) is 53.5 cm³/mol. The summed E-state index contributed by atoms with van der Waals surface area (Å²) in [6, 6.07) is 2.83. The standard InChI is InChI=1S/C11H5F6N2O/c12-10(13,14)7-3-1-4-8(11(15,16)17)9(7)20-19-6-2-5-18-19/h1-4,6H. The van der Waals surface area contributed by atoms with Crippen LogP contribution in [0.2, 0.25) is 0 Å². The smallest absolute Gasteiger partial charge is 0.357 e. The molecule has 0 aliphatic carbocycles. The highest BCUT2D eigenvalue weighted by atomic mass is 19.4. The van der Waals surface area contributed by atoms with Gasteiger partial charge in [-0.15, -0.1) is 5.10 Å². The fraction of sp³-hybridized carbons (Fsp3) is 0.182. The molecule has 3 nitrogen and oxygen atoms in total. The van der Waals surface area contributed by atoms with Crippen LogP contribution in [0.25, 0.3) is 0 Å². The molecule has 0 fully saturated rings. The fourth-order valence-electron chi connectivity index (χ4n) is 1.45. The Kier molecular flexibility index (Phi) is 3.36. The minimum absolute atomic E-state index is 0.458. The molecule has 0 aliphatic rings. The van der Waals surface area contributed by atoms with Gasteiger partial charge < -0.3 is 4.84 Å². The molecular weight excluding hydrogens is 290 g/mol. The van der Waals surface area contributed by atoms with Crippen LogP contribution in [0, 0.1) is 6.20 Å². The molecule has 0 saturated heterocycles. The average Bonchev–Trinajstić information content (AvgIpc) is 2.79. The van der Waals surface area contributed by atoms with Gasteiger partial charge in [0.25, 0.3) is 0 Å². The van der Waals surface area contributed by atoms with Gasteiger partial charge in [0.15, 0.2) is 5.75 Å². The molecule has 0 aliphatic heterocycles. The number of hydrogen-bond acceptors (Lipinski definition) is 2. The van der Waals surface area contributed by atoms with E-state index in [9.17, 15) is 26.3 Å². The van der Waals surface area contributed by atoms with E-state index in [0.29, 0.717) is 23.0 Å². The highest BCUT2D eigenvalue weighted by molar-refractivity contribution is 5.44. The molecule has 2 aromatic rings. The van der Waals surface area contributed by atoms with Crippen molar-refractivity contribution < 1.29 is 31.2 Å². The number of aromatic nitrogens is 2. The molecule has 1 radical (unpaired) electrons. The zero-order valence-corrected chi connectivity index (χ0v) is 9.46. The molecule has 20 heavy (non-hydrogen) atoms. The van der Waals surface area contributed by atoms with E-state index in [0.717, 1.165) is 6.20 Å². The van der Waals surface area contributed by atoms with Crippen molar-refractivity contribution in [3.8, 4) is 5.75 Å². The summed E-state index contributed by atoms with van der Waals surface area (Å²) >= 11 is 0. The Hall–Kier alpha value is -2.19. The molecule has 1 aromatic heterocycles. The maximum Gasteiger partial charge on any atom is 0.420 e. The van der Waals surface area contributed by atoms with Gasteiger partial charge in [0.2, 0.25) is 0 Å². The monoisotopic (exact) mass is 295 g/mol. The Morgan fingerprint density at radius 1 is 1.00 bits per heavy atom. The van der Waals surface area contributed by atoms with Crippen LogP contribution in [0.3, 0.4) is 0 Å². The van der Waals surface area contributed by atoms with Gasteiger partial charge in [-0.25, -0.2) is 0 Å². The van der Waals surface area contributed by atoms with E-state index in [2.05, 4.69) is 16.1 Å². The predicted octanol–water partition coefficient (Wildman–Crippen LogP) is 3.56. The molecule has 0 unspecified atom stereocenters. The van der Waals surface area contributed by atoms with Crippen molar-refractivity contribution in [3.63, 3.8) is 0 Å². The van der Waals surface area contributed by atoms with Crippen LogP contribution in [0.5, 0.6) is 5.75 Å². The summed E-state index contributed by atoms with van der Waals surface area (Å²) in [5.74, 6) is -1.36. The lowest BCUT2D eigenvalue weighted by atomic mass is 10.1. The van der Waals surface area contributed by atoms with Crippen LogP contribution in [0.1, 0.15) is 11.1 Å². The molecule has 0 amide bonds. The lowest BCUT2D eigenvalue weighted by molar-refractivity contribution is -0.146. The van der Waals surface area contributed by atoms with Crippen molar-refractivity contribution in [1.82, 2.24) is 9.94 Å². The van der Waals surface area contributed by atoms with E-state index < -0.39 is 29.2 Å². The highest BCUT2D eigenvalue weighted by Gasteiger charge is 2.42. The third-order valence-electron chi connectivity index (χ3n) is 2.24. The third-order valence-corrected chi connectivity index (χ3v) is 2.24. The summed E-state index contributed by atoms with van der Waals surface area (Å²) in [5.41, 5.74) is -3.08. The van der Waals surface area contributed by atoms with Crippen LogP contribution in [-0.4, -0.2) is 9.94 Å². The molecule has 1 aromatic carbocycles. The molecule has 2 rings (SSSR count). The van der Waals surface area contributed by atoms with Gasteiger partial charge in [0.05, 0.1) is 6.20 Å². The van der Waals surface area contributed by atoms with Gasteiger partial charge in [0.1, 0.15) is 17.3 Å². The maximum absolute atomic E-state index is 12.8. The van der Waals surface area contributed by atoms with Crippen molar-refractivity contribution in [2.45, 2.75) is 12.4 Å². The molecule has 1 heterocycles. The Morgan fingerprint density at radius 2 is 1.55 bits per heavy atom. The SMILES string of the molecule is FC(F)(F)c1cccc(C(F)(F)F)c1On1cc[c]n1. The highest BCUT2D eigenvalue weighted by Crippen LogP contribution is 2.44.